The second-order valence-corrected chi connectivity index (χ2v) is 8.58. The molecule has 1 atom stereocenters. The summed E-state index contributed by atoms with van der Waals surface area (Å²) in [4.78, 5) is 12.6. The van der Waals surface area contributed by atoms with Gasteiger partial charge in [0.2, 0.25) is 5.91 Å². The lowest BCUT2D eigenvalue weighted by atomic mass is 9.88. The van der Waals surface area contributed by atoms with Crippen LogP contribution in [0.1, 0.15) is 43.6 Å². The van der Waals surface area contributed by atoms with Crippen molar-refractivity contribution in [1.82, 2.24) is 10.6 Å². The number of rotatable bonds is 9. The van der Waals surface area contributed by atoms with Gasteiger partial charge in [0, 0.05) is 49.7 Å². The van der Waals surface area contributed by atoms with E-state index in [4.69, 9.17) is 9.15 Å². The monoisotopic (exact) mass is 432 g/mol. The molecule has 168 valence electrons. The van der Waals surface area contributed by atoms with Crippen molar-refractivity contribution >= 4 is 5.91 Å². The molecule has 1 amide bonds. The van der Waals surface area contributed by atoms with Crippen LogP contribution in [0.5, 0.6) is 0 Å². The Labute approximate surface area is 190 Å². The minimum Gasteiger partial charge on any atom is -0.461 e. The molecule has 2 N–H and O–H groups in total. The molecule has 1 fully saturated rings. The summed E-state index contributed by atoms with van der Waals surface area (Å²) >= 11 is 0. The van der Waals surface area contributed by atoms with Gasteiger partial charge in [-0.1, -0.05) is 60.7 Å². The minimum absolute atomic E-state index is 0.0442. The summed E-state index contributed by atoms with van der Waals surface area (Å²) in [6.07, 6.45) is 2.75. The van der Waals surface area contributed by atoms with Crippen molar-refractivity contribution in [3.8, 4) is 11.3 Å². The molecule has 1 saturated heterocycles. The Morgan fingerprint density at radius 2 is 1.66 bits per heavy atom. The lowest BCUT2D eigenvalue weighted by molar-refractivity contribution is -0.121. The zero-order valence-electron chi connectivity index (χ0n) is 18.7. The molecule has 2 heterocycles. The maximum atomic E-state index is 12.6. The fourth-order valence-electron chi connectivity index (χ4n) is 4.28. The molecular formula is C27H32N2O3. The Bertz CT molecular complexity index is 978. The number of nitrogens with one attached hydrogen (secondary N) is 2. The molecule has 0 spiro atoms. The first-order valence-electron chi connectivity index (χ1n) is 11.4. The molecule has 1 aromatic heterocycles. The fourth-order valence-corrected chi connectivity index (χ4v) is 4.28. The number of carbonyl (C=O) groups excluding carboxylic acids is 1. The van der Waals surface area contributed by atoms with Gasteiger partial charge in [0.1, 0.15) is 11.5 Å². The van der Waals surface area contributed by atoms with E-state index in [1.807, 2.05) is 48.5 Å². The van der Waals surface area contributed by atoms with Gasteiger partial charge in [-0.3, -0.25) is 4.79 Å². The van der Waals surface area contributed by atoms with Crippen LogP contribution in [0.4, 0.5) is 0 Å². The molecule has 3 aromatic rings. The van der Waals surface area contributed by atoms with E-state index in [-0.39, 0.29) is 17.5 Å². The minimum atomic E-state index is -0.158. The first-order valence-corrected chi connectivity index (χ1v) is 11.4. The number of furan rings is 1. The normalized spacial score (nSPS) is 16.4. The lowest BCUT2D eigenvalue weighted by Gasteiger charge is -2.40. The van der Waals surface area contributed by atoms with Crippen molar-refractivity contribution in [3.05, 3.63) is 84.1 Å². The summed E-state index contributed by atoms with van der Waals surface area (Å²) in [5.41, 5.74) is 2.13. The number of hydrogen-bond donors (Lipinski definition) is 2. The maximum absolute atomic E-state index is 12.6. The number of hydrogen-bond acceptors (Lipinski definition) is 4. The third-order valence-electron chi connectivity index (χ3n) is 6.21. The predicted octanol–water partition coefficient (Wildman–Crippen LogP) is 4.90. The molecule has 0 bridgehead atoms. The summed E-state index contributed by atoms with van der Waals surface area (Å²) in [5.74, 6) is 1.71. The molecule has 32 heavy (non-hydrogen) atoms. The first kappa shape index (κ1) is 22.3. The summed E-state index contributed by atoms with van der Waals surface area (Å²) in [7, 11) is 0. The molecule has 1 aliphatic heterocycles. The van der Waals surface area contributed by atoms with Gasteiger partial charge in [-0.15, -0.1) is 0 Å². The van der Waals surface area contributed by atoms with E-state index >= 15 is 0 Å². The van der Waals surface area contributed by atoms with Gasteiger partial charge in [-0.25, -0.2) is 0 Å². The summed E-state index contributed by atoms with van der Waals surface area (Å²) < 4.78 is 11.5. The molecule has 1 aliphatic rings. The van der Waals surface area contributed by atoms with Crippen LogP contribution in [0, 0.1) is 0 Å². The molecule has 0 saturated carbocycles. The smallest absolute Gasteiger partial charge is 0.220 e. The predicted molar refractivity (Wildman–Crippen MR) is 126 cm³/mol. The Hall–Kier alpha value is -2.89. The van der Waals surface area contributed by atoms with Crippen molar-refractivity contribution in [2.45, 2.75) is 44.2 Å². The number of ether oxygens (including phenoxy) is 1. The van der Waals surface area contributed by atoms with Crippen LogP contribution in [-0.4, -0.2) is 31.2 Å². The Kier molecular flexibility index (Phi) is 7.40. The highest BCUT2D eigenvalue weighted by Gasteiger charge is 2.34. The summed E-state index contributed by atoms with van der Waals surface area (Å²) in [6.45, 7) is 4.19. The van der Waals surface area contributed by atoms with Crippen LogP contribution in [-0.2, 0) is 16.0 Å². The average molecular weight is 433 g/mol. The van der Waals surface area contributed by atoms with Crippen LogP contribution in [0.15, 0.2) is 77.2 Å². The van der Waals surface area contributed by atoms with Crippen molar-refractivity contribution in [3.63, 3.8) is 0 Å². The van der Waals surface area contributed by atoms with E-state index < -0.39 is 0 Å². The summed E-state index contributed by atoms with van der Waals surface area (Å²) in [6, 6.07) is 24.5. The zero-order valence-corrected chi connectivity index (χ0v) is 18.7. The van der Waals surface area contributed by atoms with E-state index in [1.165, 1.54) is 5.56 Å². The van der Waals surface area contributed by atoms with Crippen molar-refractivity contribution in [2.75, 3.05) is 19.8 Å². The van der Waals surface area contributed by atoms with Gasteiger partial charge in [0.15, 0.2) is 0 Å². The summed E-state index contributed by atoms with van der Waals surface area (Å²) in [5, 5.41) is 6.95. The molecule has 0 aliphatic carbocycles. The fraction of sp³-hybridized carbons (Fsp3) is 0.370. The second kappa shape index (κ2) is 10.6. The molecule has 2 aromatic carbocycles. The van der Waals surface area contributed by atoms with Crippen LogP contribution in [0.2, 0.25) is 0 Å². The van der Waals surface area contributed by atoms with Gasteiger partial charge < -0.3 is 19.8 Å². The Morgan fingerprint density at radius 3 is 2.38 bits per heavy atom. The Morgan fingerprint density at radius 1 is 0.969 bits per heavy atom. The third-order valence-corrected chi connectivity index (χ3v) is 6.21. The Balaban J connectivity index is 1.30. The lowest BCUT2D eigenvalue weighted by Crippen LogP contribution is -2.57. The van der Waals surface area contributed by atoms with Crippen molar-refractivity contribution in [2.24, 2.45) is 0 Å². The van der Waals surface area contributed by atoms with Gasteiger partial charge in [0.05, 0.1) is 0 Å². The molecule has 5 heteroatoms. The topological polar surface area (TPSA) is 63.5 Å². The highest BCUT2D eigenvalue weighted by molar-refractivity contribution is 5.76. The van der Waals surface area contributed by atoms with Crippen LogP contribution in [0.3, 0.4) is 0 Å². The van der Waals surface area contributed by atoms with Gasteiger partial charge >= 0.3 is 0 Å². The SMILES string of the molecule is CC(NC1(CNC(=O)CCc2ccc(-c3ccccc3)o2)CCOCC1)c1ccccc1. The highest BCUT2D eigenvalue weighted by Crippen LogP contribution is 2.25. The van der Waals surface area contributed by atoms with Gasteiger partial charge in [-0.2, -0.15) is 0 Å². The van der Waals surface area contributed by atoms with Crippen LogP contribution < -0.4 is 10.6 Å². The number of benzene rings is 2. The molecule has 5 nitrogen and oxygen atoms in total. The number of carbonyl (C=O) groups is 1. The standard InChI is InChI=1S/C27H32N2O3/c1-21(22-8-4-2-5-9-22)29-27(16-18-31-19-17-27)20-28-26(30)15-13-24-12-14-25(32-24)23-10-6-3-7-11-23/h2-12,14,21,29H,13,15-20H2,1H3,(H,28,30). The van der Waals surface area contributed by atoms with E-state index in [1.54, 1.807) is 0 Å². The zero-order chi connectivity index (χ0) is 22.2. The third kappa shape index (κ3) is 5.87. The second-order valence-electron chi connectivity index (χ2n) is 8.58. The molecular weight excluding hydrogens is 400 g/mol. The molecule has 4 rings (SSSR count). The van der Waals surface area contributed by atoms with E-state index in [9.17, 15) is 4.79 Å². The largest absolute Gasteiger partial charge is 0.461 e. The van der Waals surface area contributed by atoms with Gasteiger partial charge in [0.25, 0.3) is 0 Å². The van der Waals surface area contributed by atoms with E-state index in [0.29, 0.717) is 32.6 Å². The van der Waals surface area contributed by atoms with Crippen LogP contribution >= 0.6 is 0 Å². The number of amides is 1. The highest BCUT2D eigenvalue weighted by atomic mass is 16.5. The average Bonchev–Trinajstić information content (AvgIpc) is 3.32. The maximum Gasteiger partial charge on any atom is 0.220 e. The quantitative estimate of drug-likeness (QED) is 0.505. The van der Waals surface area contributed by atoms with Gasteiger partial charge in [-0.05, 0) is 37.5 Å². The van der Waals surface area contributed by atoms with E-state index in [2.05, 4.69) is 41.8 Å². The first-order chi connectivity index (χ1) is 15.6. The van der Waals surface area contributed by atoms with Crippen LogP contribution in [0.25, 0.3) is 11.3 Å². The van der Waals surface area contributed by atoms with E-state index in [0.717, 1.165) is 29.9 Å². The number of aryl methyl sites for hydroxylation is 1. The molecule has 1 unspecified atom stereocenters. The molecule has 0 radical (unpaired) electrons. The van der Waals surface area contributed by atoms with Crippen molar-refractivity contribution in [1.29, 1.82) is 0 Å². The van der Waals surface area contributed by atoms with Crippen molar-refractivity contribution < 1.29 is 13.9 Å².